The van der Waals surface area contributed by atoms with Crippen LogP contribution in [0.2, 0.25) is 0 Å². The van der Waals surface area contributed by atoms with Crippen LogP contribution in [0.25, 0.3) is 0 Å². The Morgan fingerprint density at radius 3 is 2.40 bits per heavy atom. The molecule has 0 spiro atoms. The van der Waals surface area contributed by atoms with E-state index in [0.717, 1.165) is 0 Å². The molecule has 0 fully saturated rings. The van der Waals surface area contributed by atoms with Crippen molar-refractivity contribution in [2.75, 3.05) is 25.5 Å². The summed E-state index contributed by atoms with van der Waals surface area (Å²) in [6, 6.07) is 6.85. The minimum atomic E-state index is -0.933. The van der Waals surface area contributed by atoms with Gasteiger partial charge >= 0.3 is 5.97 Å². The fraction of sp³-hybridized carbons (Fsp3) is 0.429. The molecular weight excluding hydrogens is 260 g/mol. The third kappa shape index (κ3) is 5.38. The molecule has 3 N–H and O–H groups in total. The number of anilines is 1. The number of nitrogens with one attached hydrogen (secondary N) is 1. The highest BCUT2D eigenvalue weighted by molar-refractivity contribution is 5.90. The number of rotatable bonds is 7. The van der Waals surface area contributed by atoms with Crippen LogP contribution >= 0.6 is 0 Å². The Morgan fingerprint density at radius 2 is 1.90 bits per heavy atom. The molecular formula is C14H20N2O4. The van der Waals surface area contributed by atoms with Crippen molar-refractivity contribution >= 4 is 17.6 Å². The molecule has 0 saturated heterocycles. The second kappa shape index (κ2) is 7.62. The zero-order valence-corrected chi connectivity index (χ0v) is 11.7. The predicted molar refractivity (Wildman–Crippen MR) is 75.5 cm³/mol. The van der Waals surface area contributed by atoms with Gasteiger partial charge in [-0.3, -0.25) is 14.5 Å². The molecule has 1 amide bonds. The van der Waals surface area contributed by atoms with Gasteiger partial charge < -0.3 is 15.5 Å². The lowest BCUT2D eigenvalue weighted by Crippen LogP contribution is -2.29. The van der Waals surface area contributed by atoms with E-state index in [-0.39, 0.29) is 19.0 Å². The van der Waals surface area contributed by atoms with E-state index in [0.29, 0.717) is 17.7 Å². The SMILES string of the molecule is CCC(=O)Nc1ccc(C(O)CN(C)CC(=O)O)cc1. The van der Waals surface area contributed by atoms with Crippen molar-refractivity contribution in [2.24, 2.45) is 0 Å². The summed E-state index contributed by atoms with van der Waals surface area (Å²) >= 11 is 0. The lowest BCUT2D eigenvalue weighted by Gasteiger charge is -2.19. The molecule has 1 aromatic carbocycles. The summed E-state index contributed by atoms with van der Waals surface area (Å²) in [6.07, 6.45) is -0.361. The van der Waals surface area contributed by atoms with Crippen LogP contribution in [0, 0.1) is 0 Å². The summed E-state index contributed by atoms with van der Waals surface area (Å²) in [7, 11) is 1.63. The average molecular weight is 280 g/mol. The second-order valence-electron chi connectivity index (χ2n) is 4.63. The van der Waals surface area contributed by atoms with E-state index in [1.54, 1.807) is 38.2 Å². The molecule has 0 saturated carbocycles. The number of amides is 1. The van der Waals surface area contributed by atoms with E-state index in [4.69, 9.17) is 5.11 Å². The Balaban J connectivity index is 2.59. The molecule has 0 aliphatic rings. The maximum Gasteiger partial charge on any atom is 0.317 e. The van der Waals surface area contributed by atoms with Crippen molar-refractivity contribution in [1.82, 2.24) is 4.90 Å². The Bertz CT molecular complexity index is 459. The first-order valence-corrected chi connectivity index (χ1v) is 6.40. The van der Waals surface area contributed by atoms with E-state index < -0.39 is 12.1 Å². The summed E-state index contributed by atoms with van der Waals surface area (Å²) in [5, 5.41) is 21.4. The predicted octanol–water partition coefficient (Wildman–Crippen LogP) is 1.08. The number of aliphatic hydroxyl groups excluding tert-OH is 1. The summed E-state index contributed by atoms with van der Waals surface area (Å²) in [4.78, 5) is 23.3. The molecule has 1 aromatic rings. The molecule has 6 heteroatoms. The minimum Gasteiger partial charge on any atom is -0.480 e. The molecule has 0 bridgehead atoms. The number of hydrogen-bond donors (Lipinski definition) is 3. The van der Waals surface area contributed by atoms with Gasteiger partial charge in [0.05, 0.1) is 12.6 Å². The van der Waals surface area contributed by atoms with Crippen LogP contribution < -0.4 is 5.32 Å². The first-order valence-electron chi connectivity index (χ1n) is 6.40. The van der Waals surface area contributed by atoms with E-state index in [2.05, 4.69) is 5.32 Å². The van der Waals surface area contributed by atoms with Crippen molar-refractivity contribution in [3.8, 4) is 0 Å². The molecule has 0 aromatic heterocycles. The van der Waals surface area contributed by atoms with Crippen LogP contribution in [0.3, 0.4) is 0 Å². The van der Waals surface area contributed by atoms with Crippen molar-refractivity contribution in [3.63, 3.8) is 0 Å². The van der Waals surface area contributed by atoms with Crippen LogP contribution in [0.1, 0.15) is 25.0 Å². The highest BCUT2D eigenvalue weighted by atomic mass is 16.4. The maximum atomic E-state index is 11.2. The van der Waals surface area contributed by atoms with Gasteiger partial charge in [0.1, 0.15) is 0 Å². The number of carboxylic acids is 1. The molecule has 1 unspecified atom stereocenters. The number of carboxylic acid groups (broad SMARTS) is 1. The van der Waals surface area contributed by atoms with E-state index in [1.165, 1.54) is 4.90 Å². The topological polar surface area (TPSA) is 89.9 Å². The number of benzene rings is 1. The second-order valence-corrected chi connectivity index (χ2v) is 4.63. The highest BCUT2D eigenvalue weighted by Crippen LogP contribution is 2.17. The van der Waals surface area contributed by atoms with E-state index in [1.807, 2.05) is 0 Å². The third-order valence-corrected chi connectivity index (χ3v) is 2.79. The molecule has 0 radical (unpaired) electrons. The number of carbonyl (C=O) groups is 2. The summed E-state index contributed by atoms with van der Waals surface area (Å²) in [5.74, 6) is -1.00. The van der Waals surface area contributed by atoms with Gasteiger partial charge in [0.2, 0.25) is 5.91 Å². The molecule has 110 valence electrons. The highest BCUT2D eigenvalue weighted by Gasteiger charge is 2.12. The van der Waals surface area contributed by atoms with Gasteiger partial charge in [-0.15, -0.1) is 0 Å². The number of aliphatic hydroxyl groups is 1. The summed E-state index contributed by atoms with van der Waals surface area (Å²) in [5.41, 5.74) is 1.35. The standard InChI is InChI=1S/C14H20N2O4/c1-3-13(18)15-11-6-4-10(5-7-11)12(17)8-16(2)9-14(19)20/h4-7,12,17H,3,8-9H2,1-2H3,(H,15,18)(H,19,20). The molecule has 20 heavy (non-hydrogen) atoms. The van der Waals surface area contributed by atoms with Gasteiger partial charge in [-0.1, -0.05) is 19.1 Å². The summed E-state index contributed by atoms with van der Waals surface area (Å²) < 4.78 is 0. The van der Waals surface area contributed by atoms with Crippen LogP contribution in [0.15, 0.2) is 24.3 Å². The van der Waals surface area contributed by atoms with Crippen molar-refractivity contribution in [2.45, 2.75) is 19.4 Å². The largest absolute Gasteiger partial charge is 0.480 e. The summed E-state index contributed by atoms with van der Waals surface area (Å²) in [6.45, 7) is 1.88. The number of nitrogens with zero attached hydrogens (tertiary/aromatic N) is 1. The third-order valence-electron chi connectivity index (χ3n) is 2.79. The van der Waals surface area contributed by atoms with Crippen LogP contribution in [0.4, 0.5) is 5.69 Å². The van der Waals surface area contributed by atoms with E-state index >= 15 is 0 Å². The van der Waals surface area contributed by atoms with Gasteiger partial charge in [-0.2, -0.15) is 0 Å². The van der Waals surface area contributed by atoms with Crippen LogP contribution in [-0.4, -0.2) is 47.1 Å². The lowest BCUT2D eigenvalue weighted by atomic mass is 10.1. The molecule has 1 atom stereocenters. The molecule has 0 aliphatic heterocycles. The van der Waals surface area contributed by atoms with Crippen LogP contribution in [0.5, 0.6) is 0 Å². The number of carbonyl (C=O) groups excluding carboxylic acids is 1. The van der Waals surface area contributed by atoms with Gasteiger partial charge in [-0.25, -0.2) is 0 Å². The fourth-order valence-electron chi connectivity index (χ4n) is 1.73. The number of aliphatic carboxylic acids is 1. The number of hydrogen-bond acceptors (Lipinski definition) is 4. The molecule has 0 aliphatic carbocycles. The molecule has 6 nitrogen and oxygen atoms in total. The maximum absolute atomic E-state index is 11.2. The van der Waals surface area contributed by atoms with Gasteiger partial charge in [0, 0.05) is 18.7 Å². The monoisotopic (exact) mass is 280 g/mol. The van der Waals surface area contributed by atoms with Crippen molar-refractivity contribution in [1.29, 1.82) is 0 Å². The smallest absolute Gasteiger partial charge is 0.317 e. The minimum absolute atomic E-state index is 0.0699. The zero-order valence-electron chi connectivity index (χ0n) is 11.7. The normalized spacial score (nSPS) is 12.2. The van der Waals surface area contributed by atoms with Crippen molar-refractivity contribution < 1.29 is 19.8 Å². The quantitative estimate of drug-likeness (QED) is 0.695. The molecule has 0 heterocycles. The average Bonchev–Trinajstić information content (AvgIpc) is 2.38. The molecule has 1 rings (SSSR count). The van der Waals surface area contributed by atoms with E-state index in [9.17, 15) is 14.7 Å². The van der Waals surface area contributed by atoms with Gasteiger partial charge in [0.15, 0.2) is 0 Å². The lowest BCUT2D eigenvalue weighted by molar-refractivity contribution is -0.138. The Labute approximate surface area is 118 Å². The first-order chi connectivity index (χ1) is 9.42. The Hall–Kier alpha value is -1.92. The first kappa shape index (κ1) is 16.1. The van der Waals surface area contributed by atoms with Crippen LogP contribution in [-0.2, 0) is 9.59 Å². The fourth-order valence-corrected chi connectivity index (χ4v) is 1.73. The van der Waals surface area contributed by atoms with Gasteiger partial charge in [-0.05, 0) is 24.7 Å². The number of likely N-dealkylation sites (N-methyl/N-ethyl adjacent to an activating group) is 1. The Morgan fingerprint density at radius 1 is 1.30 bits per heavy atom. The Kier molecular flexibility index (Phi) is 6.14. The van der Waals surface area contributed by atoms with Gasteiger partial charge in [0.25, 0.3) is 0 Å². The van der Waals surface area contributed by atoms with Crippen molar-refractivity contribution in [3.05, 3.63) is 29.8 Å². The zero-order chi connectivity index (χ0) is 15.1.